The number of primary sulfonamides is 1. The van der Waals surface area contributed by atoms with Gasteiger partial charge in [0.15, 0.2) is 18.2 Å². The van der Waals surface area contributed by atoms with Gasteiger partial charge in [-0.3, -0.25) is 4.79 Å². The van der Waals surface area contributed by atoms with Gasteiger partial charge in [-0.1, -0.05) is 12.1 Å². The lowest BCUT2D eigenvalue weighted by molar-refractivity contribution is -0.118. The minimum atomic E-state index is -3.63. The summed E-state index contributed by atoms with van der Waals surface area (Å²) in [5.41, 5.74) is 0.876. The highest BCUT2D eigenvalue weighted by atomic mass is 32.2. The van der Waals surface area contributed by atoms with Crippen molar-refractivity contribution in [3.05, 3.63) is 59.7 Å². The van der Waals surface area contributed by atoms with Crippen LogP contribution in [0, 0.1) is 11.6 Å². The third-order valence-electron chi connectivity index (χ3n) is 2.86. The van der Waals surface area contributed by atoms with Crippen LogP contribution in [0.5, 0.6) is 5.75 Å². The monoisotopic (exact) mass is 356 g/mol. The lowest BCUT2D eigenvalue weighted by Crippen LogP contribution is -2.20. The molecule has 3 N–H and O–H groups in total. The molecule has 0 aliphatic carbocycles. The third kappa shape index (κ3) is 5.60. The van der Waals surface area contributed by atoms with Crippen molar-refractivity contribution in [2.24, 2.45) is 5.14 Å². The number of benzene rings is 2. The molecule has 1 amide bonds. The van der Waals surface area contributed by atoms with E-state index in [1.54, 1.807) is 0 Å². The first-order chi connectivity index (χ1) is 11.2. The fraction of sp³-hybridized carbons (Fsp3) is 0.133. The van der Waals surface area contributed by atoms with Gasteiger partial charge >= 0.3 is 0 Å². The molecule has 0 radical (unpaired) electrons. The Morgan fingerprint density at radius 3 is 2.38 bits per heavy atom. The van der Waals surface area contributed by atoms with E-state index < -0.39 is 34.2 Å². The Balaban J connectivity index is 1.90. The summed E-state index contributed by atoms with van der Waals surface area (Å²) in [5, 5.41) is 7.43. The third-order valence-corrected chi connectivity index (χ3v) is 3.59. The second kappa shape index (κ2) is 7.37. The van der Waals surface area contributed by atoms with E-state index in [-0.39, 0.29) is 11.5 Å². The molecule has 0 spiro atoms. The van der Waals surface area contributed by atoms with Crippen LogP contribution < -0.4 is 15.2 Å². The first-order valence-electron chi connectivity index (χ1n) is 6.70. The fourth-order valence-corrected chi connectivity index (χ4v) is 2.51. The highest BCUT2D eigenvalue weighted by Gasteiger charge is 2.09. The molecule has 6 nitrogen and oxygen atoms in total. The molecule has 0 atom stereocenters. The van der Waals surface area contributed by atoms with Gasteiger partial charge in [-0.2, -0.15) is 0 Å². The lowest BCUT2D eigenvalue weighted by atomic mass is 10.2. The molecule has 9 heteroatoms. The Hall–Kier alpha value is -2.52. The van der Waals surface area contributed by atoms with Crippen LogP contribution in [0.3, 0.4) is 0 Å². The van der Waals surface area contributed by atoms with Gasteiger partial charge in [-0.25, -0.2) is 22.3 Å². The van der Waals surface area contributed by atoms with E-state index in [2.05, 4.69) is 5.32 Å². The molecule has 0 aliphatic rings. The average molecular weight is 356 g/mol. The Kier molecular flexibility index (Phi) is 5.47. The predicted molar refractivity (Wildman–Crippen MR) is 83.7 cm³/mol. The number of nitrogens with two attached hydrogens (primary N) is 1. The van der Waals surface area contributed by atoms with Crippen LogP contribution in [0.4, 0.5) is 14.5 Å². The summed E-state index contributed by atoms with van der Waals surface area (Å²) in [5.74, 6) is -2.76. The number of hydrogen-bond donors (Lipinski definition) is 2. The van der Waals surface area contributed by atoms with Crippen LogP contribution >= 0.6 is 0 Å². The van der Waals surface area contributed by atoms with E-state index in [4.69, 9.17) is 9.88 Å². The zero-order chi connectivity index (χ0) is 17.7. The van der Waals surface area contributed by atoms with Crippen LogP contribution in [-0.2, 0) is 20.6 Å². The Morgan fingerprint density at radius 1 is 1.12 bits per heavy atom. The van der Waals surface area contributed by atoms with Crippen molar-refractivity contribution in [1.82, 2.24) is 0 Å². The van der Waals surface area contributed by atoms with E-state index in [0.717, 1.165) is 12.1 Å². The summed E-state index contributed by atoms with van der Waals surface area (Å²) < 4.78 is 53.0. The zero-order valence-electron chi connectivity index (χ0n) is 12.3. The molecule has 128 valence electrons. The SMILES string of the molecule is NS(=O)(=O)Cc1ccc(NC(=O)COc2ccc(F)cc2F)cc1. The Bertz CT molecular complexity index is 839. The maximum Gasteiger partial charge on any atom is 0.262 e. The van der Waals surface area contributed by atoms with Gasteiger partial charge in [0.25, 0.3) is 5.91 Å². The van der Waals surface area contributed by atoms with Crippen LogP contribution in [-0.4, -0.2) is 20.9 Å². The van der Waals surface area contributed by atoms with Gasteiger partial charge in [0.1, 0.15) is 5.82 Å². The molecule has 24 heavy (non-hydrogen) atoms. The standard InChI is InChI=1S/C15H14F2N2O4S/c16-11-3-6-14(13(17)7-11)23-8-15(20)19-12-4-1-10(2-5-12)9-24(18,21)22/h1-7H,8-9H2,(H,19,20)(H2,18,21,22). The number of nitrogens with one attached hydrogen (secondary N) is 1. The first-order valence-corrected chi connectivity index (χ1v) is 8.41. The average Bonchev–Trinajstić information content (AvgIpc) is 2.47. The van der Waals surface area contributed by atoms with Crippen molar-refractivity contribution in [2.75, 3.05) is 11.9 Å². The number of amides is 1. The molecular formula is C15H14F2N2O4S. The summed E-state index contributed by atoms with van der Waals surface area (Å²) in [6, 6.07) is 8.74. The number of anilines is 1. The molecular weight excluding hydrogens is 342 g/mol. The number of carbonyl (C=O) groups is 1. The quantitative estimate of drug-likeness (QED) is 0.824. The highest BCUT2D eigenvalue weighted by Crippen LogP contribution is 2.17. The largest absolute Gasteiger partial charge is 0.481 e. The topological polar surface area (TPSA) is 98.5 Å². The summed E-state index contributed by atoms with van der Waals surface area (Å²) in [6.45, 7) is -0.471. The zero-order valence-corrected chi connectivity index (χ0v) is 13.1. The van der Waals surface area contributed by atoms with E-state index >= 15 is 0 Å². The Morgan fingerprint density at radius 2 is 1.79 bits per heavy atom. The summed E-state index contributed by atoms with van der Waals surface area (Å²) in [6.07, 6.45) is 0. The molecule has 2 aromatic rings. The summed E-state index contributed by atoms with van der Waals surface area (Å²) in [4.78, 5) is 11.7. The maximum absolute atomic E-state index is 13.4. The van der Waals surface area contributed by atoms with Crippen molar-refractivity contribution < 1.29 is 26.7 Å². The van der Waals surface area contributed by atoms with Crippen LogP contribution in [0.15, 0.2) is 42.5 Å². The van der Waals surface area contributed by atoms with Crippen molar-refractivity contribution in [3.63, 3.8) is 0 Å². The van der Waals surface area contributed by atoms with Crippen LogP contribution in [0.2, 0.25) is 0 Å². The van der Waals surface area contributed by atoms with Gasteiger partial charge in [-0.15, -0.1) is 0 Å². The second-order valence-electron chi connectivity index (χ2n) is 4.92. The number of halogens is 2. The number of ether oxygens (including phenoxy) is 1. The Labute approximate surface area is 137 Å². The van der Waals surface area contributed by atoms with E-state index in [1.807, 2.05) is 0 Å². The molecule has 0 aliphatic heterocycles. The molecule has 0 unspecified atom stereocenters. The number of hydrogen-bond acceptors (Lipinski definition) is 4. The predicted octanol–water partition coefficient (Wildman–Crippen LogP) is 1.77. The van der Waals surface area contributed by atoms with Crippen molar-refractivity contribution in [1.29, 1.82) is 0 Å². The molecule has 0 heterocycles. The first kappa shape index (κ1) is 17.8. The molecule has 2 rings (SSSR count). The van der Waals surface area contributed by atoms with Gasteiger partial charge in [0.2, 0.25) is 10.0 Å². The molecule has 0 saturated heterocycles. The molecule has 0 fully saturated rings. The smallest absolute Gasteiger partial charge is 0.262 e. The van der Waals surface area contributed by atoms with Gasteiger partial charge in [-0.05, 0) is 29.8 Å². The molecule has 0 bridgehead atoms. The normalized spacial score (nSPS) is 11.1. The number of sulfonamides is 1. The molecule has 2 aromatic carbocycles. The van der Waals surface area contributed by atoms with E-state index in [0.29, 0.717) is 17.3 Å². The van der Waals surface area contributed by atoms with Gasteiger partial charge in [0, 0.05) is 11.8 Å². The number of rotatable bonds is 6. The number of carbonyl (C=O) groups excluding carboxylic acids is 1. The minimum absolute atomic E-state index is 0.241. The molecule has 0 aromatic heterocycles. The fourth-order valence-electron chi connectivity index (χ4n) is 1.85. The molecule has 0 saturated carbocycles. The summed E-state index contributed by atoms with van der Waals surface area (Å²) in [7, 11) is -3.63. The minimum Gasteiger partial charge on any atom is -0.481 e. The van der Waals surface area contributed by atoms with Crippen molar-refractivity contribution in [2.45, 2.75) is 5.75 Å². The van der Waals surface area contributed by atoms with Crippen molar-refractivity contribution >= 4 is 21.6 Å². The summed E-state index contributed by atoms with van der Waals surface area (Å²) >= 11 is 0. The van der Waals surface area contributed by atoms with Crippen molar-refractivity contribution in [3.8, 4) is 5.75 Å². The maximum atomic E-state index is 13.4. The van der Waals surface area contributed by atoms with E-state index in [9.17, 15) is 22.0 Å². The lowest BCUT2D eigenvalue weighted by Gasteiger charge is -2.09. The van der Waals surface area contributed by atoms with E-state index in [1.165, 1.54) is 24.3 Å². The van der Waals surface area contributed by atoms with Crippen LogP contribution in [0.25, 0.3) is 0 Å². The highest BCUT2D eigenvalue weighted by molar-refractivity contribution is 7.88. The van der Waals surface area contributed by atoms with Gasteiger partial charge in [0.05, 0.1) is 5.75 Å². The second-order valence-corrected chi connectivity index (χ2v) is 6.53. The van der Waals surface area contributed by atoms with Crippen LogP contribution in [0.1, 0.15) is 5.56 Å². The van der Waals surface area contributed by atoms with Gasteiger partial charge < -0.3 is 10.1 Å².